The third kappa shape index (κ3) is 4.75. The predicted octanol–water partition coefficient (Wildman–Crippen LogP) is 1.39. The van der Waals surface area contributed by atoms with Crippen LogP contribution in [0.3, 0.4) is 0 Å². The number of thioether (sulfide) groups is 2. The summed E-state index contributed by atoms with van der Waals surface area (Å²) in [5, 5.41) is 6.04. The Hall–Kier alpha value is -3.61. The van der Waals surface area contributed by atoms with Gasteiger partial charge in [-0.3, -0.25) is 23.9 Å². The zero-order chi connectivity index (χ0) is 26.1. The van der Waals surface area contributed by atoms with Crippen molar-refractivity contribution in [2.45, 2.75) is 22.7 Å². The Balaban J connectivity index is 1.49. The highest BCUT2D eigenvalue weighted by molar-refractivity contribution is 8.01. The molecule has 12 heteroatoms. The maximum absolute atomic E-state index is 13.7. The van der Waals surface area contributed by atoms with Crippen LogP contribution in [0, 0.1) is 0 Å². The van der Waals surface area contributed by atoms with Gasteiger partial charge in [-0.05, 0) is 16.7 Å². The molecule has 2 aliphatic heterocycles. The van der Waals surface area contributed by atoms with Crippen molar-refractivity contribution >= 4 is 35.4 Å². The number of amides is 1. The van der Waals surface area contributed by atoms with Crippen LogP contribution in [-0.2, 0) is 21.4 Å². The third-order valence-corrected chi connectivity index (χ3v) is 8.60. The van der Waals surface area contributed by atoms with Crippen molar-refractivity contribution in [3.05, 3.63) is 104 Å². The van der Waals surface area contributed by atoms with Crippen molar-refractivity contribution in [2.75, 3.05) is 11.5 Å². The fraction of sp³-hybridized carbons (Fsp3) is 0.240. The zero-order valence-electron chi connectivity index (χ0n) is 19.7. The van der Waals surface area contributed by atoms with Crippen LogP contribution < -0.4 is 16.9 Å². The van der Waals surface area contributed by atoms with Crippen LogP contribution in [0.2, 0.25) is 0 Å². The zero-order valence-corrected chi connectivity index (χ0v) is 21.3. The molecule has 10 nitrogen and oxygen atoms in total. The molecule has 37 heavy (non-hydrogen) atoms. The van der Waals surface area contributed by atoms with Gasteiger partial charge < -0.3 is 10.5 Å². The molecule has 1 fully saturated rings. The Morgan fingerprint density at radius 1 is 1.14 bits per heavy atom. The first-order valence-corrected chi connectivity index (χ1v) is 13.4. The molecule has 0 radical (unpaired) electrons. The first-order chi connectivity index (χ1) is 17.9. The maximum Gasteiger partial charge on any atom is 0.356 e. The molecule has 0 aliphatic carbocycles. The number of aromatic nitrogens is 3. The number of rotatable bonds is 7. The quantitative estimate of drug-likeness (QED) is 0.198. The van der Waals surface area contributed by atoms with E-state index in [9.17, 15) is 19.2 Å². The number of carbonyl (C=O) groups is 2. The van der Waals surface area contributed by atoms with Gasteiger partial charge in [0, 0.05) is 18.6 Å². The molecule has 0 unspecified atom stereocenters. The van der Waals surface area contributed by atoms with Crippen molar-refractivity contribution in [1.82, 2.24) is 19.7 Å². The molecule has 0 saturated carbocycles. The van der Waals surface area contributed by atoms with Gasteiger partial charge in [-0.1, -0.05) is 72.4 Å². The Bertz CT molecular complexity index is 1450. The van der Waals surface area contributed by atoms with Crippen LogP contribution in [0.25, 0.3) is 0 Å². The van der Waals surface area contributed by atoms with Gasteiger partial charge in [-0.25, -0.2) is 9.89 Å². The summed E-state index contributed by atoms with van der Waals surface area (Å²) in [5.41, 5.74) is 6.85. The summed E-state index contributed by atoms with van der Waals surface area (Å²) in [7, 11) is 1.45. The molecule has 1 aromatic heterocycles. The third-order valence-electron chi connectivity index (χ3n) is 6.13. The number of aromatic amines is 1. The number of H-pyrrole nitrogens is 1. The van der Waals surface area contributed by atoms with Crippen LogP contribution in [0.1, 0.15) is 17.2 Å². The Morgan fingerprint density at radius 3 is 2.38 bits per heavy atom. The summed E-state index contributed by atoms with van der Waals surface area (Å²) >= 11 is 2.64. The van der Waals surface area contributed by atoms with Gasteiger partial charge in [0.25, 0.3) is 0 Å². The molecule has 3 aromatic rings. The molecule has 0 spiro atoms. The topological polar surface area (TPSA) is 140 Å². The number of hydrogen-bond donors (Lipinski definition) is 2. The molecule has 2 aromatic carbocycles. The minimum atomic E-state index is -0.820. The van der Waals surface area contributed by atoms with E-state index < -0.39 is 29.2 Å². The van der Waals surface area contributed by atoms with Crippen LogP contribution in [-0.4, -0.2) is 54.5 Å². The number of ether oxygens (including phenoxy) is 1. The van der Waals surface area contributed by atoms with E-state index in [0.717, 1.165) is 15.7 Å². The average molecular weight is 538 g/mol. The van der Waals surface area contributed by atoms with Crippen molar-refractivity contribution < 1.29 is 14.3 Å². The highest BCUT2D eigenvalue weighted by Gasteiger charge is 2.52. The SMILES string of the molecule is Cn1c(SCC2=C(C(=O)OC(c3ccccc3)c3ccccc3)N3C(=O)[C@@H](N)[C@H]3SC2)n[nH]c(=O)c1=O. The van der Waals surface area contributed by atoms with Crippen LogP contribution in [0.4, 0.5) is 0 Å². The molecule has 190 valence electrons. The molecule has 0 bridgehead atoms. The molecule has 1 saturated heterocycles. The smallest absolute Gasteiger partial charge is 0.356 e. The molecular weight excluding hydrogens is 514 g/mol. The van der Waals surface area contributed by atoms with E-state index in [0.29, 0.717) is 11.3 Å². The number of nitrogens with zero attached hydrogens (tertiary/aromatic N) is 3. The van der Waals surface area contributed by atoms with E-state index in [1.54, 1.807) is 0 Å². The summed E-state index contributed by atoms with van der Waals surface area (Å²) in [6.07, 6.45) is -0.684. The van der Waals surface area contributed by atoms with Crippen molar-refractivity contribution in [1.29, 1.82) is 0 Å². The molecular formula is C25H23N5O5S2. The summed E-state index contributed by atoms with van der Waals surface area (Å²) in [6, 6.07) is 18.1. The largest absolute Gasteiger partial charge is 0.448 e. The molecule has 1 amide bonds. The molecule has 2 atom stereocenters. The number of carbonyl (C=O) groups excluding carboxylic acids is 2. The molecule has 3 heterocycles. The lowest BCUT2D eigenvalue weighted by atomic mass is 10.0. The van der Waals surface area contributed by atoms with Crippen molar-refractivity contribution in [2.24, 2.45) is 12.8 Å². The minimum Gasteiger partial charge on any atom is -0.448 e. The Kier molecular flexibility index (Phi) is 7.04. The van der Waals surface area contributed by atoms with E-state index in [1.165, 1.54) is 35.5 Å². The molecule has 2 aliphatic rings. The second-order valence-corrected chi connectivity index (χ2v) is 10.5. The van der Waals surface area contributed by atoms with E-state index in [-0.39, 0.29) is 27.9 Å². The van der Waals surface area contributed by atoms with E-state index in [4.69, 9.17) is 10.5 Å². The summed E-state index contributed by atoms with van der Waals surface area (Å²) in [6.45, 7) is 0. The van der Waals surface area contributed by atoms with Gasteiger partial charge in [-0.15, -0.1) is 16.9 Å². The normalized spacial score (nSPS) is 19.0. The van der Waals surface area contributed by atoms with Gasteiger partial charge in [0.15, 0.2) is 11.3 Å². The number of β-lactam (4-membered cyclic amide) rings is 1. The Morgan fingerprint density at radius 2 is 1.76 bits per heavy atom. The predicted molar refractivity (Wildman–Crippen MR) is 140 cm³/mol. The maximum atomic E-state index is 13.7. The van der Waals surface area contributed by atoms with Gasteiger partial charge in [0.2, 0.25) is 5.91 Å². The molecule has 5 rings (SSSR count). The number of nitrogens with two attached hydrogens (primary N) is 1. The van der Waals surface area contributed by atoms with Gasteiger partial charge in [0.1, 0.15) is 17.1 Å². The second-order valence-electron chi connectivity index (χ2n) is 8.48. The lowest BCUT2D eigenvalue weighted by Crippen LogP contribution is -2.68. The first kappa shape index (κ1) is 25.1. The van der Waals surface area contributed by atoms with Gasteiger partial charge in [0.05, 0.1) is 0 Å². The summed E-state index contributed by atoms with van der Waals surface area (Å²) in [4.78, 5) is 51.4. The highest BCUT2D eigenvalue weighted by Crippen LogP contribution is 2.41. The second kappa shape index (κ2) is 10.4. The monoisotopic (exact) mass is 537 g/mol. The lowest BCUT2D eigenvalue weighted by Gasteiger charge is -2.48. The first-order valence-electron chi connectivity index (χ1n) is 11.4. The average Bonchev–Trinajstić information content (AvgIpc) is 2.94. The standard InChI is InChI=1S/C25H23N5O5S2/c1-29-22(33)20(31)27-28-25(29)37-13-16-12-36-23-17(26)21(32)30(23)18(16)24(34)35-19(14-8-4-2-5-9-14)15-10-6-3-7-11-15/h2-11,17,19,23H,12-13,26H2,1H3,(H,27,31)/t17-,23-/m1/s1. The van der Waals surface area contributed by atoms with E-state index in [1.807, 2.05) is 60.7 Å². The van der Waals surface area contributed by atoms with Crippen LogP contribution in [0.5, 0.6) is 0 Å². The fourth-order valence-corrected chi connectivity index (χ4v) is 6.52. The van der Waals surface area contributed by atoms with E-state index >= 15 is 0 Å². The number of fused-ring (bicyclic) bond motifs is 1. The van der Waals surface area contributed by atoms with Crippen molar-refractivity contribution in [3.8, 4) is 0 Å². The number of nitrogens with one attached hydrogen (secondary N) is 1. The number of esters is 1. The van der Waals surface area contributed by atoms with Gasteiger partial charge >= 0.3 is 17.1 Å². The number of hydrogen-bond acceptors (Lipinski definition) is 9. The summed E-state index contributed by atoms with van der Waals surface area (Å²) < 4.78 is 7.22. The Labute approximate surface area is 219 Å². The van der Waals surface area contributed by atoms with Gasteiger partial charge in [-0.2, -0.15) is 0 Å². The highest BCUT2D eigenvalue weighted by atomic mass is 32.2. The lowest BCUT2D eigenvalue weighted by molar-refractivity contribution is -0.153. The van der Waals surface area contributed by atoms with Crippen molar-refractivity contribution in [3.63, 3.8) is 0 Å². The van der Waals surface area contributed by atoms with E-state index in [2.05, 4.69) is 10.2 Å². The molecule has 3 N–H and O–H groups in total. The van der Waals surface area contributed by atoms with Crippen LogP contribution >= 0.6 is 23.5 Å². The fourth-order valence-electron chi connectivity index (χ4n) is 4.17. The summed E-state index contributed by atoms with van der Waals surface area (Å²) in [5.74, 6) is -0.297. The van der Waals surface area contributed by atoms with Crippen LogP contribution in [0.15, 0.2) is 86.7 Å². The minimum absolute atomic E-state index is 0.161. The number of benzene rings is 2.